The Hall–Kier alpha value is -5.24. The summed E-state index contributed by atoms with van der Waals surface area (Å²) in [6.45, 7) is 5.01. The van der Waals surface area contributed by atoms with Crippen LogP contribution in [0.2, 0.25) is 10.0 Å². The SMILES string of the molecule is OCCN(Cc1ccccc1)C[C@H](Nc1ccc(O)cc1F)c1ccc(Cl)cc1.Oc1ccc(N[C@@H](CN(CCOC2CCCCO2)Cc2ccccc2)c2ccc(Cl)cc2)c(F)c1. The van der Waals surface area contributed by atoms with E-state index in [1.165, 1.54) is 23.8 Å². The van der Waals surface area contributed by atoms with Gasteiger partial charge in [0.15, 0.2) is 6.29 Å². The average Bonchev–Trinajstić information content (AvgIpc) is 3.29. The lowest BCUT2D eigenvalue weighted by atomic mass is 10.0. The number of halogens is 4. The van der Waals surface area contributed by atoms with Crippen LogP contribution in [0, 0.1) is 11.6 Å². The normalized spacial score (nSPS) is 14.7. The highest BCUT2D eigenvalue weighted by Gasteiger charge is 2.21. The van der Waals surface area contributed by atoms with Crippen LogP contribution in [0.25, 0.3) is 0 Å². The summed E-state index contributed by atoms with van der Waals surface area (Å²) < 4.78 is 40.6. The Labute approximate surface area is 384 Å². The maximum atomic E-state index is 14.6. The predicted octanol–water partition coefficient (Wildman–Crippen LogP) is 11.2. The zero-order chi connectivity index (χ0) is 45.1. The highest BCUT2D eigenvalue weighted by Crippen LogP contribution is 2.29. The van der Waals surface area contributed by atoms with E-state index in [1.54, 1.807) is 18.2 Å². The average molecular weight is 914 g/mol. The number of hydrogen-bond donors (Lipinski definition) is 5. The number of hydrogen-bond acceptors (Lipinski definition) is 9. The molecule has 6 aromatic carbocycles. The molecule has 1 heterocycles. The molecule has 64 heavy (non-hydrogen) atoms. The number of phenols is 2. The van der Waals surface area contributed by atoms with Gasteiger partial charge in [-0.05, 0) is 90.0 Å². The van der Waals surface area contributed by atoms with E-state index in [1.807, 2.05) is 84.9 Å². The fourth-order valence-corrected chi connectivity index (χ4v) is 7.70. The minimum absolute atomic E-state index is 0.0216. The minimum atomic E-state index is -0.527. The first-order chi connectivity index (χ1) is 31.1. The van der Waals surface area contributed by atoms with Crippen molar-refractivity contribution in [1.29, 1.82) is 0 Å². The summed E-state index contributed by atoms with van der Waals surface area (Å²) in [5.74, 6) is -1.26. The number of aliphatic hydroxyl groups excluding tert-OH is 1. The molecule has 1 aliphatic rings. The number of benzene rings is 6. The van der Waals surface area contributed by atoms with Crippen molar-refractivity contribution in [2.45, 2.75) is 50.7 Å². The lowest BCUT2D eigenvalue weighted by Gasteiger charge is -2.30. The molecule has 0 saturated carbocycles. The summed E-state index contributed by atoms with van der Waals surface area (Å²) in [4.78, 5) is 4.41. The third kappa shape index (κ3) is 15.8. The summed E-state index contributed by atoms with van der Waals surface area (Å²) >= 11 is 12.2. The molecule has 7 rings (SSSR count). The Balaban J connectivity index is 0.000000216. The fourth-order valence-electron chi connectivity index (χ4n) is 7.44. The minimum Gasteiger partial charge on any atom is -0.508 e. The number of phenolic OH excluding ortho intramolecular Hbond substituents is 2. The van der Waals surface area contributed by atoms with Crippen molar-refractivity contribution in [2.75, 3.05) is 56.6 Å². The van der Waals surface area contributed by atoms with Crippen LogP contribution in [0.4, 0.5) is 20.2 Å². The Morgan fingerprint density at radius 3 is 1.52 bits per heavy atom. The van der Waals surface area contributed by atoms with Crippen LogP contribution in [0.5, 0.6) is 11.5 Å². The molecule has 1 saturated heterocycles. The number of rotatable bonds is 20. The van der Waals surface area contributed by atoms with E-state index in [0.29, 0.717) is 60.8 Å². The molecule has 6 aromatic rings. The molecule has 1 fully saturated rings. The Kier molecular flexibility index (Phi) is 19.1. The van der Waals surface area contributed by atoms with Gasteiger partial charge in [0.25, 0.3) is 0 Å². The molecule has 1 unspecified atom stereocenters. The third-order valence-electron chi connectivity index (χ3n) is 10.8. The molecule has 0 amide bonds. The highest BCUT2D eigenvalue weighted by molar-refractivity contribution is 6.30. The zero-order valence-corrected chi connectivity index (χ0v) is 37.2. The predicted molar refractivity (Wildman–Crippen MR) is 252 cm³/mol. The Morgan fingerprint density at radius 2 is 1.09 bits per heavy atom. The maximum absolute atomic E-state index is 14.6. The van der Waals surface area contributed by atoms with Gasteiger partial charge in [0.1, 0.15) is 23.1 Å². The smallest absolute Gasteiger partial charge is 0.157 e. The Bertz CT molecular complexity index is 2270. The number of nitrogens with one attached hydrogen (secondary N) is 2. The molecule has 0 aromatic heterocycles. The number of ether oxygens (including phenoxy) is 2. The molecule has 0 spiro atoms. The number of aliphatic hydroxyl groups is 1. The fraction of sp³-hybridized carbons (Fsp3) is 0.294. The van der Waals surface area contributed by atoms with Gasteiger partial charge in [0.05, 0.1) is 36.7 Å². The van der Waals surface area contributed by atoms with E-state index in [9.17, 15) is 24.1 Å². The van der Waals surface area contributed by atoms with Gasteiger partial charge >= 0.3 is 0 Å². The topological polar surface area (TPSA) is 110 Å². The van der Waals surface area contributed by atoms with Crippen LogP contribution in [0.1, 0.15) is 53.6 Å². The van der Waals surface area contributed by atoms with Gasteiger partial charge in [-0.2, -0.15) is 0 Å². The van der Waals surface area contributed by atoms with Crippen molar-refractivity contribution in [3.8, 4) is 11.5 Å². The monoisotopic (exact) mass is 912 g/mol. The molecule has 3 atom stereocenters. The van der Waals surface area contributed by atoms with E-state index < -0.39 is 11.6 Å². The standard InChI is InChI=1S/C28H32ClFN2O3.C23H24ClFN2O2/c29-23-11-9-22(10-12-23)27(31-26-14-13-24(33)18-25(26)30)20-32(19-21-6-2-1-3-7-21)15-17-35-28-8-4-5-16-34-28;24-19-8-6-18(7-9-19)23(26-22-11-10-20(29)14-21(22)25)16-27(12-13-28)15-17-4-2-1-3-5-17/h1-3,6-7,9-14,18,27-28,31,33H,4-5,8,15-17,19-20H2;1-11,14,23,26,28-29H,12-13,15-16H2/t27-,28?;23-/m00/s1. The number of nitrogens with zero attached hydrogens (tertiary/aromatic N) is 2. The van der Waals surface area contributed by atoms with E-state index in [0.717, 1.165) is 61.2 Å². The van der Waals surface area contributed by atoms with Gasteiger partial charge in [0.2, 0.25) is 0 Å². The van der Waals surface area contributed by atoms with Crippen molar-refractivity contribution in [3.63, 3.8) is 0 Å². The highest BCUT2D eigenvalue weighted by atomic mass is 35.5. The summed E-state index contributed by atoms with van der Waals surface area (Å²) in [6, 6.07) is 42.9. The van der Waals surface area contributed by atoms with Gasteiger partial charge < -0.3 is 35.4 Å². The third-order valence-corrected chi connectivity index (χ3v) is 11.3. The largest absolute Gasteiger partial charge is 0.508 e. The Morgan fingerprint density at radius 1 is 0.625 bits per heavy atom. The van der Waals surface area contributed by atoms with Crippen LogP contribution in [-0.2, 0) is 22.6 Å². The van der Waals surface area contributed by atoms with Crippen LogP contribution in [0.15, 0.2) is 146 Å². The second kappa shape index (κ2) is 25.3. The molecule has 338 valence electrons. The van der Waals surface area contributed by atoms with E-state index in [-0.39, 0.29) is 36.5 Å². The van der Waals surface area contributed by atoms with E-state index in [2.05, 4.69) is 32.6 Å². The maximum Gasteiger partial charge on any atom is 0.157 e. The van der Waals surface area contributed by atoms with Gasteiger partial charge in [-0.3, -0.25) is 9.80 Å². The molecule has 0 aliphatic carbocycles. The lowest BCUT2D eigenvalue weighted by Crippen LogP contribution is -2.35. The molecule has 0 radical (unpaired) electrons. The van der Waals surface area contributed by atoms with Crippen LogP contribution < -0.4 is 10.6 Å². The summed E-state index contributed by atoms with van der Waals surface area (Å²) in [7, 11) is 0. The van der Waals surface area contributed by atoms with Gasteiger partial charge in [-0.25, -0.2) is 8.78 Å². The second-order valence-electron chi connectivity index (χ2n) is 15.7. The van der Waals surface area contributed by atoms with Crippen molar-refractivity contribution in [1.82, 2.24) is 9.80 Å². The number of anilines is 2. The molecule has 5 N–H and O–H groups in total. The summed E-state index contributed by atoms with van der Waals surface area (Å²) in [5, 5.41) is 36.5. The van der Waals surface area contributed by atoms with Crippen molar-refractivity contribution >= 4 is 34.6 Å². The van der Waals surface area contributed by atoms with E-state index in [4.69, 9.17) is 32.7 Å². The first kappa shape index (κ1) is 48.2. The van der Waals surface area contributed by atoms with Crippen molar-refractivity contribution < 1.29 is 33.6 Å². The van der Waals surface area contributed by atoms with Gasteiger partial charge in [0, 0.05) is 68.1 Å². The van der Waals surface area contributed by atoms with Crippen LogP contribution >= 0.6 is 23.2 Å². The molecule has 13 heteroatoms. The lowest BCUT2D eigenvalue weighted by molar-refractivity contribution is -0.164. The van der Waals surface area contributed by atoms with Crippen molar-refractivity contribution in [2.24, 2.45) is 0 Å². The zero-order valence-electron chi connectivity index (χ0n) is 35.6. The summed E-state index contributed by atoms with van der Waals surface area (Å²) in [5.41, 5.74) is 4.87. The van der Waals surface area contributed by atoms with E-state index >= 15 is 0 Å². The molecule has 0 bridgehead atoms. The number of aromatic hydroxyl groups is 2. The van der Waals surface area contributed by atoms with Gasteiger partial charge in [-0.1, -0.05) is 108 Å². The first-order valence-electron chi connectivity index (χ1n) is 21.5. The molecular formula is C51H56Cl2F2N4O5. The first-order valence-corrected chi connectivity index (χ1v) is 22.2. The van der Waals surface area contributed by atoms with Crippen molar-refractivity contribution in [3.05, 3.63) is 190 Å². The molecular weight excluding hydrogens is 857 g/mol. The molecule has 9 nitrogen and oxygen atoms in total. The van der Waals surface area contributed by atoms with Gasteiger partial charge in [-0.15, -0.1) is 0 Å². The quantitative estimate of drug-likeness (QED) is 0.0478. The van der Waals surface area contributed by atoms with Crippen LogP contribution in [-0.4, -0.2) is 77.4 Å². The molecule has 1 aliphatic heterocycles. The van der Waals surface area contributed by atoms with Crippen LogP contribution in [0.3, 0.4) is 0 Å². The summed E-state index contributed by atoms with van der Waals surface area (Å²) in [6.07, 6.45) is 2.99. The second-order valence-corrected chi connectivity index (χ2v) is 16.5.